The molecule has 1 aliphatic rings. The van der Waals surface area contributed by atoms with Gasteiger partial charge in [0.1, 0.15) is 0 Å². The molecule has 0 N–H and O–H groups in total. The molecule has 3 aromatic rings. The van der Waals surface area contributed by atoms with Crippen molar-refractivity contribution in [1.82, 2.24) is 19.7 Å². The minimum Gasteiger partial charge on any atom is -0.267 e. The van der Waals surface area contributed by atoms with Gasteiger partial charge >= 0.3 is 0 Å². The highest BCUT2D eigenvalue weighted by molar-refractivity contribution is 6.32. The second kappa shape index (κ2) is 6.26. The zero-order chi connectivity index (χ0) is 17.4. The SMILES string of the molecule is Cc1ccc(C2=Cc3cnn(-c4ncccn4)c(=O)c3CC2)c(Cl)c1. The molecule has 0 aliphatic heterocycles. The number of hydrogen-bond donors (Lipinski definition) is 0. The van der Waals surface area contributed by atoms with Gasteiger partial charge in [-0.3, -0.25) is 4.79 Å². The van der Waals surface area contributed by atoms with Crippen LogP contribution in [0.1, 0.15) is 28.7 Å². The van der Waals surface area contributed by atoms with Gasteiger partial charge in [-0.05, 0) is 54.7 Å². The number of benzene rings is 1. The number of halogens is 1. The predicted molar refractivity (Wildman–Crippen MR) is 97.8 cm³/mol. The van der Waals surface area contributed by atoms with Crippen LogP contribution in [0, 0.1) is 6.92 Å². The van der Waals surface area contributed by atoms with Crippen LogP contribution in [0.25, 0.3) is 17.6 Å². The van der Waals surface area contributed by atoms with Crippen molar-refractivity contribution >= 4 is 23.3 Å². The standard InChI is InChI=1S/C19H15ClN4O/c1-12-3-5-15(17(20)9-12)13-4-6-16-14(10-13)11-23-24(18(16)25)19-21-7-2-8-22-19/h2-3,5,7-11H,4,6H2,1H3. The Labute approximate surface area is 149 Å². The third-order valence-electron chi connectivity index (χ3n) is 4.30. The van der Waals surface area contributed by atoms with Crippen molar-refractivity contribution in [1.29, 1.82) is 0 Å². The minimum absolute atomic E-state index is 0.172. The van der Waals surface area contributed by atoms with Crippen LogP contribution in [0.15, 0.2) is 47.7 Å². The Morgan fingerprint density at radius 3 is 2.72 bits per heavy atom. The lowest BCUT2D eigenvalue weighted by atomic mass is 9.90. The van der Waals surface area contributed by atoms with E-state index in [-0.39, 0.29) is 11.5 Å². The highest BCUT2D eigenvalue weighted by Gasteiger charge is 2.19. The summed E-state index contributed by atoms with van der Waals surface area (Å²) < 4.78 is 1.25. The van der Waals surface area contributed by atoms with Crippen molar-refractivity contribution in [2.24, 2.45) is 0 Å². The first-order valence-electron chi connectivity index (χ1n) is 7.99. The lowest BCUT2D eigenvalue weighted by Gasteiger charge is -2.17. The van der Waals surface area contributed by atoms with Gasteiger partial charge in [0.2, 0.25) is 0 Å². The molecule has 6 heteroatoms. The number of fused-ring (bicyclic) bond motifs is 1. The second-order valence-electron chi connectivity index (χ2n) is 6.00. The fourth-order valence-electron chi connectivity index (χ4n) is 3.03. The summed E-state index contributed by atoms with van der Waals surface area (Å²) in [5.74, 6) is 0.284. The zero-order valence-corrected chi connectivity index (χ0v) is 14.4. The molecule has 5 nitrogen and oxygen atoms in total. The normalized spacial score (nSPS) is 13.3. The maximum atomic E-state index is 12.7. The number of aryl methyl sites for hydroxylation is 1. The fourth-order valence-corrected chi connectivity index (χ4v) is 3.39. The number of allylic oxidation sites excluding steroid dienone is 1. The molecule has 0 radical (unpaired) electrons. The van der Waals surface area contributed by atoms with Gasteiger partial charge in [-0.15, -0.1) is 0 Å². The molecule has 0 saturated carbocycles. The first kappa shape index (κ1) is 15.7. The average Bonchev–Trinajstić information content (AvgIpc) is 2.62. The molecule has 0 amide bonds. The molecule has 124 valence electrons. The first-order valence-corrected chi connectivity index (χ1v) is 8.37. The van der Waals surface area contributed by atoms with Gasteiger partial charge in [0.15, 0.2) is 0 Å². The molecule has 0 spiro atoms. The Morgan fingerprint density at radius 2 is 1.96 bits per heavy atom. The number of hydrogen-bond acceptors (Lipinski definition) is 4. The third-order valence-corrected chi connectivity index (χ3v) is 4.61. The van der Waals surface area contributed by atoms with Crippen LogP contribution in [-0.4, -0.2) is 19.7 Å². The van der Waals surface area contributed by atoms with E-state index in [4.69, 9.17) is 11.6 Å². The van der Waals surface area contributed by atoms with Gasteiger partial charge in [0.25, 0.3) is 11.5 Å². The van der Waals surface area contributed by atoms with Crippen LogP contribution in [0.2, 0.25) is 5.02 Å². The molecular formula is C19H15ClN4O. The zero-order valence-electron chi connectivity index (χ0n) is 13.6. The van der Waals surface area contributed by atoms with Crippen LogP contribution >= 0.6 is 11.6 Å². The van der Waals surface area contributed by atoms with Gasteiger partial charge in [0, 0.05) is 28.5 Å². The number of aromatic nitrogens is 4. The Morgan fingerprint density at radius 1 is 1.16 bits per heavy atom. The Hall–Kier alpha value is -2.79. The Bertz CT molecular complexity index is 1040. The van der Waals surface area contributed by atoms with Crippen molar-refractivity contribution < 1.29 is 0 Å². The van der Waals surface area contributed by atoms with Gasteiger partial charge in [-0.1, -0.05) is 23.7 Å². The molecule has 25 heavy (non-hydrogen) atoms. The smallest absolute Gasteiger partial charge is 0.267 e. The summed E-state index contributed by atoms with van der Waals surface area (Å²) >= 11 is 6.39. The maximum absolute atomic E-state index is 12.7. The maximum Gasteiger partial charge on any atom is 0.278 e. The molecule has 2 heterocycles. The van der Waals surface area contributed by atoms with Crippen LogP contribution in [0.5, 0.6) is 0 Å². The lowest BCUT2D eigenvalue weighted by molar-refractivity contribution is 0.730. The Balaban J connectivity index is 1.79. The first-order chi connectivity index (χ1) is 12.1. The summed E-state index contributed by atoms with van der Waals surface area (Å²) in [6, 6.07) is 7.73. The van der Waals surface area contributed by atoms with Crippen molar-refractivity contribution in [3.8, 4) is 5.95 Å². The molecule has 4 rings (SSSR count). The van der Waals surface area contributed by atoms with E-state index in [1.165, 1.54) is 4.68 Å². The van der Waals surface area contributed by atoms with E-state index in [0.29, 0.717) is 6.42 Å². The van der Waals surface area contributed by atoms with Gasteiger partial charge in [0.05, 0.1) is 6.20 Å². The largest absolute Gasteiger partial charge is 0.278 e. The molecule has 1 aromatic carbocycles. The van der Waals surface area contributed by atoms with Gasteiger partial charge in [-0.25, -0.2) is 9.97 Å². The summed E-state index contributed by atoms with van der Waals surface area (Å²) in [6.07, 6.45) is 8.26. The van der Waals surface area contributed by atoms with Crippen LogP contribution < -0.4 is 5.56 Å². The lowest BCUT2D eigenvalue weighted by Crippen LogP contribution is -2.28. The van der Waals surface area contributed by atoms with Crippen LogP contribution in [0.4, 0.5) is 0 Å². The van der Waals surface area contributed by atoms with Crippen molar-refractivity contribution in [3.63, 3.8) is 0 Å². The topological polar surface area (TPSA) is 60.7 Å². The fraction of sp³-hybridized carbons (Fsp3) is 0.158. The number of nitrogens with zero attached hydrogens (tertiary/aromatic N) is 4. The average molecular weight is 351 g/mol. The van der Waals surface area contributed by atoms with E-state index in [2.05, 4.69) is 15.1 Å². The van der Waals surface area contributed by atoms with Crippen LogP contribution in [0.3, 0.4) is 0 Å². The number of rotatable bonds is 2. The molecular weight excluding hydrogens is 336 g/mol. The van der Waals surface area contributed by atoms with E-state index < -0.39 is 0 Å². The highest BCUT2D eigenvalue weighted by Crippen LogP contribution is 2.33. The van der Waals surface area contributed by atoms with Crippen molar-refractivity contribution in [3.05, 3.63) is 80.5 Å². The van der Waals surface area contributed by atoms with E-state index in [1.807, 2.05) is 31.2 Å². The molecule has 0 atom stereocenters. The monoisotopic (exact) mass is 350 g/mol. The summed E-state index contributed by atoms with van der Waals surface area (Å²) in [5, 5.41) is 4.96. The third kappa shape index (κ3) is 2.87. The molecule has 1 aliphatic carbocycles. The molecule has 2 aromatic heterocycles. The van der Waals surface area contributed by atoms with E-state index in [0.717, 1.165) is 39.3 Å². The highest BCUT2D eigenvalue weighted by atomic mass is 35.5. The quantitative estimate of drug-likeness (QED) is 0.710. The van der Waals surface area contributed by atoms with Gasteiger partial charge in [-0.2, -0.15) is 9.78 Å². The van der Waals surface area contributed by atoms with Crippen molar-refractivity contribution in [2.45, 2.75) is 19.8 Å². The Kier molecular flexibility index (Phi) is 3.93. The van der Waals surface area contributed by atoms with E-state index >= 15 is 0 Å². The summed E-state index contributed by atoms with van der Waals surface area (Å²) in [5.41, 5.74) is 4.64. The molecule has 0 saturated heterocycles. The summed E-state index contributed by atoms with van der Waals surface area (Å²) in [7, 11) is 0. The minimum atomic E-state index is -0.172. The molecule has 0 fully saturated rings. The van der Waals surface area contributed by atoms with Gasteiger partial charge < -0.3 is 0 Å². The van der Waals surface area contributed by atoms with Crippen molar-refractivity contribution in [2.75, 3.05) is 0 Å². The summed E-state index contributed by atoms with van der Waals surface area (Å²) in [4.78, 5) is 20.9. The van der Waals surface area contributed by atoms with Crippen LogP contribution in [-0.2, 0) is 6.42 Å². The predicted octanol–water partition coefficient (Wildman–Crippen LogP) is 3.47. The second-order valence-corrected chi connectivity index (χ2v) is 6.40. The van der Waals surface area contributed by atoms with E-state index in [1.54, 1.807) is 24.7 Å². The van der Waals surface area contributed by atoms with E-state index in [9.17, 15) is 4.79 Å². The molecule has 0 unspecified atom stereocenters. The summed E-state index contributed by atoms with van der Waals surface area (Å²) in [6.45, 7) is 2.01. The molecule has 0 bridgehead atoms.